The van der Waals surface area contributed by atoms with E-state index in [0.717, 1.165) is 11.4 Å². The first-order valence-corrected chi connectivity index (χ1v) is 29.3. The molecule has 0 amide bonds. The SMILES string of the molecule is Cc1ccc(N2c3cc4c(cc3B3c5c2cc(-c2c(C)cccc2C)cc5-n2c5ccc(C)cc5c5cc(C)cc3c52)B2c3c(cc(-c5c(C)cccc5C)cc3-n3c5ccc(C)cc5c5cc(C)cc2c53)N4c2ccc(C)cc2)cc1. The van der Waals surface area contributed by atoms with Crippen molar-refractivity contribution in [3.05, 3.63) is 238 Å². The van der Waals surface area contributed by atoms with E-state index in [-0.39, 0.29) is 13.4 Å². The largest absolute Gasteiger partial charge is 0.311 e. The van der Waals surface area contributed by atoms with Gasteiger partial charge in [0.2, 0.25) is 0 Å². The summed E-state index contributed by atoms with van der Waals surface area (Å²) in [6, 6.07) is 71.7. The van der Waals surface area contributed by atoms with Crippen molar-refractivity contribution in [3.63, 3.8) is 0 Å². The molecule has 2 aromatic heterocycles. The maximum atomic E-state index is 2.70. The Kier molecular flexibility index (Phi) is 9.67. The van der Waals surface area contributed by atoms with E-state index >= 15 is 0 Å². The Labute approximate surface area is 480 Å². The van der Waals surface area contributed by atoms with Gasteiger partial charge < -0.3 is 18.9 Å². The topological polar surface area (TPSA) is 16.3 Å². The fourth-order valence-corrected chi connectivity index (χ4v) is 15.9. The zero-order valence-corrected chi connectivity index (χ0v) is 48.3. The number of aromatic nitrogens is 2. The van der Waals surface area contributed by atoms with E-state index < -0.39 is 0 Å². The van der Waals surface area contributed by atoms with Crippen LogP contribution in [0.5, 0.6) is 0 Å². The van der Waals surface area contributed by atoms with Crippen LogP contribution in [0, 0.1) is 69.2 Å². The number of rotatable bonds is 4. The second-order valence-corrected chi connectivity index (χ2v) is 24.8. The first kappa shape index (κ1) is 47.5. The number of aryl methyl sites for hydroxylation is 10. The highest BCUT2D eigenvalue weighted by atomic mass is 15.2. The van der Waals surface area contributed by atoms with Gasteiger partial charge in [0.05, 0.1) is 11.0 Å². The number of nitrogens with zero attached hydrogens (tertiary/aromatic N) is 4. The van der Waals surface area contributed by atoms with E-state index in [1.807, 2.05) is 0 Å². The fraction of sp³-hybridized carbons (Fsp3) is 0.132. The van der Waals surface area contributed by atoms with E-state index in [1.54, 1.807) is 0 Å². The van der Waals surface area contributed by atoms with Crippen LogP contribution >= 0.6 is 0 Å². The van der Waals surface area contributed by atoms with Crippen LogP contribution in [0.25, 0.3) is 77.2 Å². The molecule has 82 heavy (non-hydrogen) atoms. The molecule has 0 radical (unpaired) electrons. The minimum absolute atomic E-state index is 0.0741. The summed E-state index contributed by atoms with van der Waals surface area (Å²) in [5.41, 5.74) is 40.6. The summed E-state index contributed by atoms with van der Waals surface area (Å²) >= 11 is 0. The Bertz CT molecular complexity index is 4700. The standard InChI is InChI=1S/C76H60B2N4/c1-41-17-23-53(24-18-41)79-65-40-66-60(39-59(65)77-61-33-45(5)31-57-55-29-43(3)21-27-63(55)81(75(57)61)69-37-51(35-67(79)73(69)77)71-47(7)13-11-14-48(71)8)78-62-34-46(6)32-58-56-30-44(4)22-28-64(56)82(76(58)62)70-38-52(72-49(9)15-12-16-50(72)10)36-68(74(70)78)80(66)54-25-19-42(2)20-26-54/h11-40H,1-10H3. The monoisotopic (exact) mass is 1050 g/mol. The Morgan fingerprint density at radius 2 is 0.646 bits per heavy atom. The van der Waals surface area contributed by atoms with Crippen molar-refractivity contribution >= 4 is 124 Å². The molecule has 0 aliphatic carbocycles. The predicted octanol–water partition coefficient (Wildman–Crippen LogP) is 15.5. The van der Waals surface area contributed by atoms with Gasteiger partial charge in [0.25, 0.3) is 13.4 Å². The summed E-state index contributed by atoms with van der Waals surface area (Å²) in [4.78, 5) is 5.28. The normalized spacial score (nSPS) is 13.4. The summed E-state index contributed by atoms with van der Waals surface area (Å²) in [7, 11) is 0. The maximum absolute atomic E-state index is 2.70. The van der Waals surface area contributed by atoms with Gasteiger partial charge in [0.15, 0.2) is 0 Å². The van der Waals surface area contributed by atoms with Gasteiger partial charge in [0, 0.05) is 78.1 Å². The van der Waals surface area contributed by atoms with Crippen molar-refractivity contribution in [2.75, 3.05) is 9.80 Å². The summed E-state index contributed by atoms with van der Waals surface area (Å²) in [5.74, 6) is 0. The van der Waals surface area contributed by atoms with Gasteiger partial charge >= 0.3 is 0 Å². The van der Waals surface area contributed by atoms with E-state index in [2.05, 4.69) is 270 Å². The van der Waals surface area contributed by atoms with Crippen LogP contribution in [0.2, 0.25) is 0 Å². The molecule has 4 aliphatic heterocycles. The molecule has 17 rings (SSSR count). The average Bonchev–Trinajstić information content (AvgIpc) is 1.81. The zero-order chi connectivity index (χ0) is 55.5. The van der Waals surface area contributed by atoms with Gasteiger partial charge in [-0.3, -0.25) is 0 Å². The van der Waals surface area contributed by atoms with Crippen LogP contribution in [-0.2, 0) is 0 Å². The maximum Gasteiger partial charge on any atom is 0.252 e. The summed E-state index contributed by atoms with van der Waals surface area (Å²) in [5, 5.41) is 5.25. The third-order valence-electron chi connectivity index (χ3n) is 19.2. The van der Waals surface area contributed by atoms with Crippen LogP contribution in [0.1, 0.15) is 55.6 Å². The average molecular weight is 1050 g/mol. The van der Waals surface area contributed by atoms with E-state index in [9.17, 15) is 0 Å². The summed E-state index contributed by atoms with van der Waals surface area (Å²) in [6.45, 7) is 22.5. The molecule has 6 heteroatoms. The highest BCUT2D eigenvalue weighted by Gasteiger charge is 2.48. The zero-order valence-electron chi connectivity index (χ0n) is 48.3. The first-order valence-electron chi connectivity index (χ1n) is 29.3. The van der Waals surface area contributed by atoms with Crippen LogP contribution in [0.4, 0.5) is 34.1 Å². The predicted molar refractivity (Wildman–Crippen MR) is 352 cm³/mol. The summed E-state index contributed by atoms with van der Waals surface area (Å²) in [6.07, 6.45) is 0. The molecule has 0 spiro atoms. The Balaban J connectivity index is 1.06. The molecule has 390 valence electrons. The van der Waals surface area contributed by atoms with Gasteiger partial charge in [-0.25, -0.2) is 0 Å². The molecule has 13 aromatic rings. The molecule has 0 atom stereocenters. The van der Waals surface area contributed by atoms with Gasteiger partial charge in [0.1, 0.15) is 0 Å². The van der Waals surface area contributed by atoms with Gasteiger partial charge in [-0.05, 0) is 238 Å². The van der Waals surface area contributed by atoms with Crippen molar-refractivity contribution in [1.82, 2.24) is 9.13 Å². The van der Waals surface area contributed by atoms with Gasteiger partial charge in [-0.15, -0.1) is 0 Å². The molecule has 11 aromatic carbocycles. The smallest absolute Gasteiger partial charge is 0.252 e. The molecule has 0 N–H and O–H groups in total. The van der Waals surface area contributed by atoms with E-state index in [4.69, 9.17) is 0 Å². The molecule has 4 nitrogen and oxygen atoms in total. The minimum atomic E-state index is -0.0741. The van der Waals surface area contributed by atoms with Crippen molar-refractivity contribution < 1.29 is 0 Å². The quantitative estimate of drug-likeness (QED) is 0.163. The molecule has 0 unspecified atom stereocenters. The van der Waals surface area contributed by atoms with Gasteiger partial charge in [-0.1, -0.05) is 124 Å². The first-order chi connectivity index (χ1) is 39.8. The molecule has 6 heterocycles. The number of hydrogen-bond donors (Lipinski definition) is 0. The fourth-order valence-electron chi connectivity index (χ4n) is 15.9. The molecule has 0 bridgehead atoms. The van der Waals surface area contributed by atoms with Crippen LogP contribution < -0.4 is 42.6 Å². The highest BCUT2D eigenvalue weighted by Crippen LogP contribution is 2.49. The Morgan fingerprint density at radius 1 is 0.280 bits per heavy atom. The van der Waals surface area contributed by atoms with Crippen LogP contribution in [0.15, 0.2) is 182 Å². The molecule has 0 fully saturated rings. The van der Waals surface area contributed by atoms with Crippen molar-refractivity contribution in [2.45, 2.75) is 69.2 Å². The van der Waals surface area contributed by atoms with Crippen LogP contribution in [-0.4, -0.2) is 22.6 Å². The third kappa shape index (κ3) is 6.35. The van der Waals surface area contributed by atoms with E-state index in [0.29, 0.717) is 0 Å². The molecular formula is C76H60B2N4. The van der Waals surface area contributed by atoms with Crippen molar-refractivity contribution in [3.8, 4) is 33.6 Å². The van der Waals surface area contributed by atoms with Crippen LogP contribution in [0.3, 0.4) is 0 Å². The third-order valence-corrected chi connectivity index (χ3v) is 19.2. The van der Waals surface area contributed by atoms with Crippen molar-refractivity contribution in [1.29, 1.82) is 0 Å². The lowest BCUT2D eigenvalue weighted by molar-refractivity contribution is 1.17. The molecule has 0 saturated carbocycles. The minimum Gasteiger partial charge on any atom is -0.311 e. The number of fused-ring (bicyclic) bond motifs is 14. The Hall–Kier alpha value is -9.25. The lowest BCUT2D eigenvalue weighted by Crippen LogP contribution is -2.64. The van der Waals surface area contributed by atoms with Gasteiger partial charge in [-0.2, -0.15) is 0 Å². The summed E-state index contributed by atoms with van der Waals surface area (Å²) < 4.78 is 5.28. The number of anilines is 6. The number of hydrogen-bond acceptors (Lipinski definition) is 2. The second-order valence-electron chi connectivity index (χ2n) is 24.8. The van der Waals surface area contributed by atoms with Crippen molar-refractivity contribution in [2.24, 2.45) is 0 Å². The molecule has 4 aliphatic rings. The Morgan fingerprint density at radius 3 is 1.05 bits per heavy atom. The van der Waals surface area contributed by atoms with E-state index in [1.165, 1.54) is 188 Å². The molecular weight excluding hydrogens is 990 g/mol. The second kappa shape index (κ2) is 16.7. The highest BCUT2D eigenvalue weighted by molar-refractivity contribution is 7.03. The lowest BCUT2D eigenvalue weighted by Gasteiger charge is -2.45. The molecule has 0 saturated heterocycles. The number of benzene rings is 11. The lowest BCUT2D eigenvalue weighted by atomic mass is 9.30.